The van der Waals surface area contributed by atoms with Crippen molar-refractivity contribution in [1.29, 1.82) is 0 Å². The van der Waals surface area contributed by atoms with Gasteiger partial charge in [0.05, 0.1) is 11.7 Å². The molecule has 4 nitrogen and oxygen atoms in total. The molecule has 4 rings (SSSR count). The number of piperidine rings is 1. The molecule has 0 aliphatic carbocycles. The Morgan fingerprint density at radius 2 is 1.87 bits per heavy atom. The van der Waals surface area contributed by atoms with Gasteiger partial charge in [0.15, 0.2) is 0 Å². The molecular formula is C19H22N4. The van der Waals surface area contributed by atoms with E-state index in [1.807, 2.05) is 6.20 Å². The predicted molar refractivity (Wildman–Crippen MR) is 94.5 cm³/mol. The van der Waals surface area contributed by atoms with Crippen LogP contribution in [0.15, 0.2) is 54.7 Å². The van der Waals surface area contributed by atoms with Crippen LogP contribution in [0.5, 0.6) is 0 Å². The number of aromatic nitrogens is 2. The van der Waals surface area contributed by atoms with E-state index in [0.29, 0.717) is 6.04 Å². The molecule has 0 amide bonds. The highest BCUT2D eigenvalue weighted by molar-refractivity contribution is 5.90. The summed E-state index contributed by atoms with van der Waals surface area (Å²) >= 11 is 0. The van der Waals surface area contributed by atoms with Crippen molar-refractivity contribution in [3.8, 4) is 0 Å². The third-order valence-electron chi connectivity index (χ3n) is 4.68. The molecule has 3 aromatic rings. The molecular weight excluding hydrogens is 284 g/mol. The van der Waals surface area contributed by atoms with Crippen molar-refractivity contribution >= 4 is 16.6 Å². The average Bonchev–Trinajstić information content (AvgIpc) is 3.07. The fraction of sp³-hybridized carbons (Fsp3) is 0.316. The summed E-state index contributed by atoms with van der Waals surface area (Å²) in [7, 11) is 0. The van der Waals surface area contributed by atoms with E-state index in [2.05, 4.69) is 68.9 Å². The second kappa shape index (κ2) is 6.42. The van der Waals surface area contributed by atoms with Gasteiger partial charge < -0.3 is 5.32 Å². The first-order valence-electron chi connectivity index (χ1n) is 8.33. The zero-order valence-electron chi connectivity index (χ0n) is 13.2. The lowest BCUT2D eigenvalue weighted by molar-refractivity contribution is 0.211. The average molecular weight is 306 g/mol. The summed E-state index contributed by atoms with van der Waals surface area (Å²) in [6, 6.07) is 17.6. The van der Waals surface area contributed by atoms with E-state index < -0.39 is 0 Å². The second-order valence-electron chi connectivity index (χ2n) is 6.32. The summed E-state index contributed by atoms with van der Waals surface area (Å²) in [4.78, 5) is 2.55. The van der Waals surface area contributed by atoms with E-state index in [-0.39, 0.29) is 0 Å². The van der Waals surface area contributed by atoms with Crippen LogP contribution >= 0.6 is 0 Å². The Labute approximate surface area is 136 Å². The molecule has 0 atom stereocenters. The van der Waals surface area contributed by atoms with Crippen LogP contribution in [0.2, 0.25) is 0 Å². The third-order valence-corrected chi connectivity index (χ3v) is 4.68. The van der Waals surface area contributed by atoms with Crippen molar-refractivity contribution in [2.75, 3.05) is 18.4 Å². The van der Waals surface area contributed by atoms with Crippen molar-refractivity contribution in [3.63, 3.8) is 0 Å². The van der Waals surface area contributed by atoms with Crippen LogP contribution in [-0.2, 0) is 6.54 Å². The zero-order chi connectivity index (χ0) is 15.5. The van der Waals surface area contributed by atoms with Crippen molar-refractivity contribution in [2.45, 2.75) is 25.4 Å². The summed E-state index contributed by atoms with van der Waals surface area (Å²) in [5.41, 5.74) is 3.69. The maximum atomic E-state index is 4.14. The lowest BCUT2D eigenvalue weighted by Crippen LogP contribution is -2.38. The van der Waals surface area contributed by atoms with Crippen LogP contribution in [0, 0.1) is 0 Å². The molecule has 118 valence electrons. The van der Waals surface area contributed by atoms with E-state index in [0.717, 1.165) is 25.2 Å². The first-order chi connectivity index (χ1) is 11.4. The molecule has 1 fully saturated rings. The van der Waals surface area contributed by atoms with Gasteiger partial charge in [0.25, 0.3) is 0 Å². The monoisotopic (exact) mass is 306 g/mol. The van der Waals surface area contributed by atoms with Gasteiger partial charge in [0.2, 0.25) is 0 Å². The molecule has 2 N–H and O–H groups in total. The molecule has 23 heavy (non-hydrogen) atoms. The van der Waals surface area contributed by atoms with Crippen LogP contribution in [0.1, 0.15) is 18.4 Å². The van der Waals surface area contributed by atoms with Crippen LogP contribution in [0.25, 0.3) is 10.9 Å². The van der Waals surface area contributed by atoms with Gasteiger partial charge in [0.1, 0.15) is 0 Å². The number of H-pyrrole nitrogens is 1. The van der Waals surface area contributed by atoms with Crippen molar-refractivity contribution < 1.29 is 0 Å². The Kier molecular flexibility index (Phi) is 3.99. The summed E-state index contributed by atoms with van der Waals surface area (Å²) in [5, 5.41) is 12.1. The molecule has 2 aromatic carbocycles. The highest BCUT2D eigenvalue weighted by Crippen LogP contribution is 2.24. The Morgan fingerprint density at radius 3 is 2.70 bits per heavy atom. The number of hydrogen-bond acceptors (Lipinski definition) is 3. The van der Waals surface area contributed by atoms with Gasteiger partial charge >= 0.3 is 0 Å². The molecule has 0 spiro atoms. The van der Waals surface area contributed by atoms with Gasteiger partial charge in [-0.1, -0.05) is 36.4 Å². The SMILES string of the molecule is c1ccc(CN2CCC(Nc3cccc4[nH]ncc34)CC2)cc1. The van der Waals surface area contributed by atoms with Crippen LogP contribution < -0.4 is 5.32 Å². The lowest BCUT2D eigenvalue weighted by Gasteiger charge is -2.33. The van der Waals surface area contributed by atoms with E-state index in [9.17, 15) is 0 Å². The van der Waals surface area contributed by atoms with Crippen LogP contribution in [0.4, 0.5) is 5.69 Å². The number of fused-ring (bicyclic) bond motifs is 1. The molecule has 1 saturated heterocycles. The number of hydrogen-bond donors (Lipinski definition) is 2. The minimum atomic E-state index is 0.544. The number of benzene rings is 2. The number of rotatable bonds is 4. The summed E-state index contributed by atoms with van der Waals surface area (Å²) in [6.45, 7) is 3.35. The number of nitrogens with zero attached hydrogens (tertiary/aromatic N) is 2. The highest BCUT2D eigenvalue weighted by atomic mass is 15.1. The minimum absolute atomic E-state index is 0.544. The van der Waals surface area contributed by atoms with Crippen LogP contribution in [-0.4, -0.2) is 34.2 Å². The van der Waals surface area contributed by atoms with Gasteiger partial charge in [-0.3, -0.25) is 10.00 Å². The smallest absolute Gasteiger partial charge is 0.0671 e. The predicted octanol–water partition coefficient (Wildman–Crippen LogP) is 3.64. The highest BCUT2D eigenvalue weighted by Gasteiger charge is 2.19. The number of nitrogens with one attached hydrogen (secondary N) is 2. The number of anilines is 1. The normalized spacial score (nSPS) is 16.7. The molecule has 0 saturated carbocycles. The molecule has 1 aliphatic rings. The molecule has 0 unspecified atom stereocenters. The van der Waals surface area contributed by atoms with Crippen molar-refractivity contribution in [1.82, 2.24) is 15.1 Å². The van der Waals surface area contributed by atoms with Crippen LogP contribution in [0.3, 0.4) is 0 Å². The van der Waals surface area contributed by atoms with Gasteiger partial charge in [-0.15, -0.1) is 0 Å². The maximum absolute atomic E-state index is 4.14. The zero-order valence-corrected chi connectivity index (χ0v) is 13.2. The topological polar surface area (TPSA) is 44.0 Å². The molecule has 0 bridgehead atoms. The maximum Gasteiger partial charge on any atom is 0.0671 e. The Bertz CT molecular complexity index is 757. The lowest BCUT2D eigenvalue weighted by atomic mass is 10.0. The largest absolute Gasteiger partial charge is 0.382 e. The van der Waals surface area contributed by atoms with Gasteiger partial charge in [-0.2, -0.15) is 5.10 Å². The number of likely N-dealkylation sites (tertiary alicyclic amines) is 1. The molecule has 4 heteroatoms. The second-order valence-corrected chi connectivity index (χ2v) is 6.32. The van der Waals surface area contributed by atoms with E-state index in [1.165, 1.54) is 29.5 Å². The molecule has 1 aliphatic heterocycles. The van der Waals surface area contributed by atoms with E-state index in [1.54, 1.807) is 0 Å². The van der Waals surface area contributed by atoms with Gasteiger partial charge in [-0.05, 0) is 30.5 Å². The molecule has 0 radical (unpaired) electrons. The fourth-order valence-electron chi connectivity index (χ4n) is 3.39. The van der Waals surface area contributed by atoms with Crippen molar-refractivity contribution in [3.05, 3.63) is 60.3 Å². The Balaban J connectivity index is 1.36. The number of aromatic amines is 1. The van der Waals surface area contributed by atoms with Gasteiger partial charge in [-0.25, -0.2) is 0 Å². The molecule has 2 heterocycles. The first-order valence-corrected chi connectivity index (χ1v) is 8.33. The molecule has 1 aromatic heterocycles. The quantitative estimate of drug-likeness (QED) is 0.773. The fourth-order valence-corrected chi connectivity index (χ4v) is 3.39. The van der Waals surface area contributed by atoms with Crippen molar-refractivity contribution in [2.24, 2.45) is 0 Å². The summed E-state index contributed by atoms with van der Waals surface area (Å²) < 4.78 is 0. The summed E-state index contributed by atoms with van der Waals surface area (Å²) in [5.74, 6) is 0. The third kappa shape index (κ3) is 3.22. The summed E-state index contributed by atoms with van der Waals surface area (Å²) in [6.07, 6.45) is 4.27. The first kappa shape index (κ1) is 14.3. The minimum Gasteiger partial charge on any atom is -0.382 e. The standard InChI is InChI=1S/C19H22N4/c1-2-5-15(6-3-1)14-23-11-9-16(10-12-23)21-18-7-4-8-19-17(18)13-20-22-19/h1-8,13,16,21H,9-12,14H2,(H,20,22). The van der Waals surface area contributed by atoms with Gasteiger partial charge in [0, 0.05) is 36.7 Å². The Hall–Kier alpha value is -2.33. The van der Waals surface area contributed by atoms with E-state index >= 15 is 0 Å². The Morgan fingerprint density at radius 1 is 1.04 bits per heavy atom. The van der Waals surface area contributed by atoms with E-state index in [4.69, 9.17) is 0 Å².